The summed E-state index contributed by atoms with van der Waals surface area (Å²) >= 11 is 0. The maximum atomic E-state index is 15.0. The highest BCUT2D eigenvalue weighted by Crippen LogP contribution is 2.33. The van der Waals surface area contributed by atoms with Crippen LogP contribution in [0.4, 0.5) is 4.39 Å². The first-order chi connectivity index (χ1) is 14.9. The summed E-state index contributed by atoms with van der Waals surface area (Å²) in [5.74, 6) is -0.709. The standard InChI is InChI=1S/C22H26FN5O2S/c23-19-10-16(7-8-18(19)20-12-27-22(25)13-26-20)17-5-1-2-6-21(17)31(29,30)28-9-3-4-15(11-24)14-28/h1-2,5-8,10,15,20,22,26-27H,3-4,9,12-14,25H2. The van der Waals surface area contributed by atoms with Gasteiger partial charge in [0, 0.05) is 43.3 Å². The zero-order valence-electron chi connectivity index (χ0n) is 17.1. The van der Waals surface area contributed by atoms with Gasteiger partial charge in [-0.25, -0.2) is 12.8 Å². The first kappa shape index (κ1) is 21.9. The zero-order valence-corrected chi connectivity index (χ0v) is 17.9. The fourth-order valence-corrected chi connectivity index (χ4v) is 5.95. The van der Waals surface area contributed by atoms with E-state index in [1.54, 1.807) is 36.4 Å². The van der Waals surface area contributed by atoms with Crippen LogP contribution in [0, 0.1) is 23.1 Å². The Morgan fingerprint density at radius 1 is 1.16 bits per heavy atom. The molecule has 2 aliphatic heterocycles. The van der Waals surface area contributed by atoms with Crippen LogP contribution in [0.2, 0.25) is 0 Å². The van der Waals surface area contributed by atoms with E-state index in [0.717, 1.165) is 0 Å². The van der Waals surface area contributed by atoms with Crippen molar-refractivity contribution >= 4 is 10.0 Å². The van der Waals surface area contributed by atoms with Crippen molar-refractivity contribution in [3.8, 4) is 17.2 Å². The van der Waals surface area contributed by atoms with Crippen molar-refractivity contribution in [1.82, 2.24) is 14.9 Å². The number of nitrogens with zero attached hydrogens (tertiary/aromatic N) is 2. The predicted octanol–water partition coefficient (Wildman–Crippen LogP) is 1.94. The Hall–Kier alpha value is -2.35. The van der Waals surface area contributed by atoms with E-state index in [1.807, 2.05) is 0 Å². The van der Waals surface area contributed by atoms with E-state index in [4.69, 9.17) is 5.73 Å². The van der Waals surface area contributed by atoms with E-state index in [1.165, 1.54) is 10.4 Å². The van der Waals surface area contributed by atoms with Crippen molar-refractivity contribution in [2.45, 2.75) is 29.9 Å². The highest BCUT2D eigenvalue weighted by Gasteiger charge is 2.32. The molecule has 0 bridgehead atoms. The predicted molar refractivity (Wildman–Crippen MR) is 116 cm³/mol. The smallest absolute Gasteiger partial charge is 0.243 e. The van der Waals surface area contributed by atoms with Gasteiger partial charge in [0.15, 0.2) is 0 Å². The molecule has 2 aromatic carbocycles. The summed E-state index contributed by atoms with van der Waals surface area (Å²) in [4.78, 5) is 0.129. The number of nitrogens with two attached hydrogens (primary N) is 1. The monoisotopic (exact) mass is 443 g/mol. The Kier molecular flexibility index (Phi) is 6.36. The van der Waals surface area contributed by atoms with Gasteiger partial charge in [0.1, 0.15) is 5.82 Å². The Morgan fingerprint density at radius 2 is 1.97 bits per heavy atom. The van der Waals surface area contributed by atoms with Crippen LogP contribution < -0.4 is 16.4 Å². The molecule has 31 heavy (non-hydrogen) atoms. The van der Waals surface area contributed by atoms with Crippen LogP contribution in [-0.2, 0) is 10.0 Å². The van der Waals surface area contributed by atoms with Gasteiger partial charge in [0.05, 0.1) is 23.0 Å². The van der Waals surface area contributed by atoms with Crippen molar-refractivity contribution < 1.29 is 12.8 Å². The van der Waals surface area contributed by atoms with Gasteiger partial charge in [0.2, 0.25) is 10.0 Å². The third-order valence-corrected chi connectivity index (χ3v) is 7.85. The minimum atomic E-state index is -3.81. The lowest BCUT2D eigenvalue weighted by atomic mass is 9.99. The summed E-state index contributed by atoms with van der Waals surface area (Å²) in [5, 5.41) is 15.6. The Bertz CT molecular complexity index is 1090. The Labute approximate surface area is 182 Å². The van der Waals surface area contributed by atoms with E-state index in [-0.39, 0.29) is 29.6 Å². The van der Waals surface area contributed by atoms with Gasteiger partial charge in [0.25, 0.3) is 0 Å². The molecule has 164 valence electrons. The minimum absolute atomic E-state index is 0.129. The Morgan fingerprint density at radius 3 is 2.68 bits per heavy atom. The summed E-state index contributed by atoms with van der Waals surface area (Å²) in [6, 6.07) is 13.4. The first-order valence-corrected chi connectivity index (χ1v) is 11.8. The van der Waals surface area contributed by atoms with Crippen molar-refractivity contribution in [2.24, 2.45) is 11.7 Å². The average Bonchev–Trinajstić information content (AvgIpc) is 2.80. The summed E-state index contributed by atoms with van der Waals surface area (Å²) in [5.41, 5.74) is 7.26. The maximum Gasteiger partial charge on any atom is 0.243 e. The molecule has 7 nitrogen and oxygen atoms in total. The van der Waals surface area contributed by atoms with Crippen molar-refractivity contribution in [3.05, 3.63) is 53.8 Å². The zero-order chi connectivity index (χ0) is 22.0. The molecule has 2 aliphatic rings. The van der Waals surface area contributed by atoms with E-state index in [2.05, 4.69) is 16.7 Å². The van der Waals surface area contributed by atoms with Crippen molar-refractivity contribution in [1.29, 1.82) is 5.26 Å². The molecule has 0 aliphatic carbocycles. The lowest BCUT2D eigenvalue weighted by Gasteiger charge is -2.30. The van der Waals surface area contributed by atoms with E-state index >= 15 is 4.39 Å². The summed E-state index contributed by atoms with van der Waals surface area (Å²) in [6.07, 6.45) is 1.19. The van der Waals surface area contributed by atoms with Gasteiger partial charge >= 0.3 is 0 Å². The van der Waals surface area contributed by atoms with Crippen LogP contribution in [0.25, 0.3) is 11.1 Å². The third kappa shape index (κ3) is 4.49. The van der Waals surface area contributed by atoms with Gasteiger partial charge < -0.3 is 11.1 Å². The van der Waals surface area contributed by atoms with E-state index in [0.29, 0.717) is 49.2 Å². The molecule has 0 aromatic heterocycles. The lowest BCUT2D eigenvalue weighted by molar-refractivity contribution is 0.305. The molecule has 4 rings (SSSR count). The SMILES string of the molecule is N#CC1CCCN(S(=O)(=O)c2ccccc2-c2ccc(C3CNC(N)CN3)c(F)c2)C1. The summed E-state index contributed by atoms with van der Waals surface area (Å²) in [6.45, 7) is 1.61. The number of piperidine rings is 1. The molecule has 0 spiro atoms. The largest absolute Gasteiger partial charge is 0.315 e. The number of benzene rings is 2. The van der Waals surface area contributed by atoms with E-state index in [9.17, 15) is 13.7 Å². The third-order valence-electron chi connectivity index (χ3n) is 5.93. The average molecular weight is 444 g/mol. The molecule has 3 unspecified atom stereocenters. The number of hydrogen-bond donors (Lipinski definition) is 3. The summed E-state index contributed by atoms with van der Waals surface area (Å²) < 4.78 is 43.1. The molecule has 2 heterocycles. The van der Waals surface area contributed by atoms with Gasteiger partial charge in [-0.2, -0.15) is 9.57 Å². The molecule has 0 amide bonds. The van der Waals surface area contributed by atoms with Crippen LogP contribution in [0.3, 0.4) is 0 Å². The second-order valence-electron chi connectivity index (χ2n) is 8.04. The lowest BCUT2D eigenvalue weighted by Crippen LogP contribution is -2.54. The van der Waals surface area contributed by atoms with Crippen LogP contribution in [0.5, 0.6) is 0 Å². The normalized spacial score (nSPS) is 25.1. The van der Waals surface area contributed by atoms with Gasteiger partial charge in [-0.05, 0) is 30.5 Å². The van der Waals surface area contributed by atoms with Gasteiger partial charge in [-0.1, -0.05) is 30.3 Å². The number of nitrogens with one attached hydrogen (secondary N) is 2. The topological polar surface area (TPSA) is 111 Å². The molecule has 2 aromatic rings. The molecule has 3 atom stereocenters. The Balaban J connectivity index is 1.66. The minimum Gasteiger partial charge on any atom is -0.315 e. The fourth-order valence-electron chi connectivity index (χ4n) is 4.22. The molecular weight excluding hydrogens is 417 g/mol. The van der Waals surface area contributed by atoms with Crippen LogP contribution in [0.15, 0.2) is 47.4 Å². The number of halogens is 1. The molecular formula is C22H26FN5O2S. The highest BCUT2D eigenvalue weighted by atomic mass is 32.2. The van der Waals surface area contributed by atoms with E-state index < -0.39 is 15.8 Å². The maximum absolute atomic E-state index is 15.0. The molecule has 2 saturated heterocycles. The molecule has 0 radical (unpaired) electrons. The van der Waals surface area contributed by atoms with Crippen LogP contribution >= 0.6 is 0 Å². The number of hydrogen-bond acceptors (Lipinski definition) is 6. The second kappa shape index (κ2) is 9.02. The molecule has 9 heteroatoms. The van der Waals surface area contributed by atoms with Gasteiger partial charge in [-0.15, -0.1) is 0 Å². The number of piperazine rings is 1. The molecule has 4 N–H and O–H groups in total. The van der Waals surface area contributed by atoms with Crippen molar-refractivity contribution in [2.75, 3.05) is 26.2 Å². The first-order valence-electron chi connectivity index (χ1n) is 10.4. The van der Waals surface area contributed by atoms with Gasteiger partial charge in [-0.3, -0.25) is 5.32 Å². The fraction of sp³-hybridized carbons (Fsp3) is 0.409. The molecule has 2 fully saturated rings. The number of rotatable bonds is 4. The highest BCUT2D eigenvalue weighted by molar-refractivity contribution is 7.89. The molecule has 0 saturated carbocycles. The van der Waals surface area contributed by atoms with Crippen LogP contribution in [0.1, 0.15) is 24.4 Å². The second-order valence-corrected chi connectivity index (χ2v) is 9.95. The van der Waals surface area contributed by atoms with Crippen molar-refractivity contribution in [3.63, 3.8) is 0 Å². The number of nitriles is 1. The quantitative estimate of drug-likeness (QED) is 0.666. The van der Waals surface area contributed by atoms with Crippen LogP contribution in [-0.4, -0.2) is 45.1 Å². The number of sulfonamides is 1. The summed E-state index contributed by atoms with van der Waals surface area (Å²) in [7, 11) is -3.81.